The van der Waals surface area contributed by atoms with Crippen LogP contribution in [-0.4, -0.2) is 36.2 Å². The van der Waals surface area contributed by atoms with E-state index in [4.69, 9.17) is 0 Å². The standard InChI is InChI=1S/C19H18FN3O2S/c1-23(2)13-9-7-12(8-10-13)19-22-18(25)16(26-19)11-17(24)21-15-6-4-3-5-14(15)20/h3-10,16H,11H2,1-2H3,(H,21,24)/t16-/m1/s1. The summed E-state index contributed by atoms with van der Waals surface area (Å²) in [6, 6.07) is 13.6. The summed E-state index contributed by atoms with van der Waals surface area (Å²) in [5, 5.41) is 2.50. The molecule has 2 amide bonds. The molecule has 0 unspecified atom stereocenters. The highest BCUT2D eigenvalue weighted by molar-refractivity contribution is 8.16. The Hall–Kier alpha value is -2.67. The minimum atomic E-state index is -0.592. The highest BCUT2D eigenvalue weighted by atomic mass is 32.2. The van der Waals surface area contributed by atoms with E-state index in [-0.39, 0.29) is 18.0 Å². The first-order valence-electron chi connectivity index (χ1n) is 8.05. The second-order valence-electron chi connectivity index (χ2n) is 6.04. The first-order chi connectivity index (χ1) is 12.4. The van der Waals surface area contributed by atoms with Crippen molar-refractivity contribution in [3.63, 3.8) is 0 Å². The summed E-state index contributed by atoms with van der Waals surface area (Å²) < 4.78 is 13.6. The molecule has 3 rings (SSSR count). The van der Waals surface area contributed by atoms with Crippen LogP contribution >= 0.6 is 11.8 Å². The van der Waals surface area contributed by atoms with Gasteiger partial charge in [0.05, 0.1) is 5.69 Å². The number of thioether (sulfide) groups is 1. The zero-order chi connectivity index (χ0) is 18.7. The number of nitrogens with zero attached hydrogens (tertiary/aromatic N) is 2. The molecule has 26 heavy (non-hydrogen) atoms. The zero-order valence-electron chi connectivity index (χ0n) is 14.4. The largest absolute Gasteiger partial charge is 0.378 e. The number of carbonyl (C=O) groups is 2. The van der Waals surface area contributed by atoms with E-state index >= 15 is 0 Å². The van der Waals surface area contributed by atoms with Gasteiger partial charge in [-0.1, -0.05) is 36.0 Å². The van der Waals surface area contributed by atoms with E-state index in [1.807, 2.05) is 43.3 Å². The lowest BCUT2D eigenvalue weighted by atomic mass is 10.2. The number of carbonyl (C=O) groups excluding carboxylic acids is 2. The average Bonchev–Trinajstić information content (AvgIpc) is 2.97. The second-order valence-corrected chi connectivity index (χ2v) is 7.23. The summed E-state index contributed by atoms with van der Waals surface area (Å²) in [6.07, 6.45) is -0.0549. The van der Waals surface area contributed by atoms with Crippen molar-refractivity contribution in [3.05, 3.63) is 59.9 Å². The Labute approximate surface area is 155 Å². The fourth-order valence-corrected chi connectivity index (χ4v) is 3.55. The summed E-state index contributed by atoms with van der Waals surface area (Å²) in [6.45, 7) is 0. The Balaban J connectivity index is 1.62. The maximum atomic E-state index is 13.6. The van der Waals surface area contributed by atoms with Crippen molar-refractivity contribution >= 4 is 40.0 Å². The van der Waals surface area contributed by atoms with Gasteiger partial charge >= 0.3 is 0 Å². The van der Waals surface area contributed by atoms with Crippen LogP contribution < -0.4 is 10.2 Å². The van der Waals surface area contributed by atoms with Crippen molar-refractivity contribution in [2.45, 2.75) is 11.7 Å². The molecule has 2 aromatic rings. The lowest BCUT2D eigenvalue weighted by Gasteiger charge is -2.12. The Kier molecular flexibility index (Phi) is 5.37. The minimum Gasteiger partial charge on any atom is -0.378 e. The molecule has 0 radical (unpaired) electrons. The lowest BCUT2D eigenvalue weighted by Crippen LogP contribution is -2.21. The van der Waals surface area contributed by atoms with E-state index in [1.165, 1.54) is 23.9 Å². The van der Waals surface area contributed by atoms with Crippen LogP contribution in [0.25, 0.3) is 0 Å². The van der Waals surface area contributed by atoms with Crippen LogP contribution in [0.2, 0.25) is 0 Å². The zero-order valence-corrected chi connectivity index (χ0v) is 15.2. The monoisotopic (exact) mass is 371 g/mol. The molecule has 2 aromatic carbocycles. The van der Waals surface area contributed by atoms with Crippen molar-refractivity contribution < 1.29 is 14.0 Å². The third-order valence-electron chi connectivity index (χ3n) is 3.89. The highest BCUT2D eigenvalue weighted by Gasteiger charge is 2.31. The van der Waals surface area contributed by atoms with Crippen LogP contribution in [-0.2, 0) is 9.59 Å². The van der Waals surface area contributed by atoms with Gasteiger partial charge in [0.2, 0.25) is 5.91 Å². The fraction of sp³-hybridized carbons (Fsp3) is 0.211. The third-order valence-corrected chi connectivity index (χ3v) is 5.09. The van der Waals surface area contributed by atoms with Crippen LogP contribution in [0.15, 0.2) is 53.5 Å². The normalized spacial score (nSPS) is 16.3. The van der Waals surface area contributed by atoms with Crippen molar-refractivity contribution in [1.82, 2.24) is 0 Å². The van der Waals surface area contributed by atoms with Gasteiger partial charge < -0.3 is 10.2 Å². The number of amides is 2. The lowest BCUT2D eigenvalue weighted by molar-refractivity contribution is -0.121. The number of aliphatic imine (C=N–C) groups is 1. The van der Waals surface area contributed by atoms with E-state index in [2.05, 4.69) is 10.3 Å². The van der Waals surface area contributed by atoms with E-state index in [1.54, 1.807) is 12.1 Å². The number of nitrogens with one attached hydrogen (secondary N) is 1. The minimum absolute atomic E-state index is 0.0549. The number of anilines is 2. The van der Waals surface area contributed by atoms with Gasteiger partial charge in [-0.25, -0.2) is 9.38 Å². The summed E-state index contributed by atoms with van der Waals surface area (Å²) in [5.41, 5.74) is 1.99. The van der Waals surface area contributed by atoms with Crippen LogP contribution in [0.4, 0.5) is 15.8 Å². The molecule has 1 aliphatic rings. The first kappa shape index (κ1) is 18.1. The first-order valence-corrected chi connectivity index (χ1v) is 8.93. The molecule has 1 atom stereocenters. The summed E-state index contributed by atoms with van der Waals surface area (Å²) in [7, 11) is 3.90. The van der Waals surface area contributed by atoms with E-state index in [9.17, 15) is 14.0 Å². The molecule has 1 N–H and O–H groups in total. The molecular weight excluding hydrogens is 353 g/mol. The maximum Gasteiger partial charge on any atom is 0.260 e. The Morgan fingerprint density at radius 2 is 1.88 bits per heavy atom. The molecule has 1 heterocycles. The molecule has 0 fully saturated rings. The number of hydrogen-bond donors (Lipinski definition) is 1. The van der Waals surface area contributed by atoms with Gasteiger partial charge in [0.15, 0.2) is 0 Å². The predicted molar refractivity (Wildman–Crippen MR) is 103 cm³/mol. The molecule has 7 heteroatoms. The molecule has 0 saturated heterocycles. The molecule has 1 aliphatic heterocycles. The summed E-state index contributed by atoms with van der Waals surface area (Å²) in [4.78, 5) is 30.3. The number of hydrogen-bond acceptors (Lipinski definition) is 4. The fourth-order valence-electron chi connectivity index (χ4n) is 2.48. The summed E-state index contributed by atoms with van der Waals surface area (Å²) in [5.74, 6) is -1.27. The second kappa shape index (κ2) is 7.70. The molecular formula is C19H18FN3O2S. The van der Waals surface area contributed by atoms with Crippen molar-refractivity contribution in [1.29, 1.82) is 0 Å². The van der Waals surface area contributed by atoms with Gasteiger partial charge in [0, 0.05) is 31.8 Å². The predicted octanol–water partition coefficient (Wildman–Crippen LogP) is 3.31. The van der Waals surface area contributed by atoms with Crippen molar-refractivity contribution in [2.75, 3.05) is 24.3 Å². The van der Waals surface area contributed by atoms with Crippen LogP contribution in [0, 0.1) is 5.82 Å². The van der Waals surface area contributed by atoms with Crippen molar-refractivity contribution in [3.8, 4) is 0 Å². The van der Waals surface area contributed by atoms with Gasteiger partial charge in [-0.05, 0) is 24.3 Å². The average molecular weight is 371 g/mol. The summed E-state index contributed by atoms with van der Waals surface area (Å²) >= 11 is 1.26. The molecule has 0 aromatic heterocycles. The molecule has 0 saturated carbocycles. The Morgan fingerprint density at radius 1 is 1.19 bits per heavy atom. The number of benzene rings is 2. The number of para-hydroxylation sites is 1. The van der Waals surface area contributed by atoms with Crippen LogP contribution in [0.5, 0.6) is 0 Å². The van der Waals surface area contributed by atoms with Gasteiger partial charge in [0.25, 0.3) is 5.91 Å². The van der Waals surface area contributed by atoms with E-state index in [0.717, 1.165) is 11.3 Å². The topological polar surface area (TPSA) is 61.8 Å². The van der Waals surface area contributed by atoms with Gasteiger partial charge in [0.1, 0.15) is 16.1 Å². The van der Waals surface area contributed by atoms with Crippen LogP contribution in [0.1, 0.15) is 12.0 Å². The maximum absolute atomic E-state index is 13.6. The molecule has 0 bridgehead atoms. The smallest absolute Gasteiger partial charge is 0.260 e. The number of halogens is 1. The SMILES string of the molecule is CN(C)c1ccc(C2=NC(=O)[C@@H](CC(=O)Nc3ccccc3F)S2)cc1. The molecule has 5 nitrogen and oxygen atoms in total. The highest BCUT2D eigenvalue weighted by Crippen LogP contribution is 2.30. The van der Waals surface area contributed by atoms with E-state index in [0.29, 0.717) is 5.04 Å². The Morgan fingerprint density at radius 3 is 2.54 bits per heavy atom. The number of rotatable bonds is 5. The Bertz CT molecular complexity index is 865. The molecule has 0 aliphatic carbocycles. The third kappa shape index (κ3) is 4.11. The van der Waals surface area contributed by atoms with Gasteiger partial charge in [-0.15, -0.1) is 0 Å². The van der Waals surface area contributed by atoms with Gasteiger partial charge in [-0.2, -0.15) is 0 Å². The quantitative estimate of drug-likeness (QED) is 0.876. The van der Waals surface area contributed by atoms with Crippen LogP contribution in [0.3, 0.4) is 0 Å². The molecule has 134 valence electrons. The van der Waals surface area contributed by atoms with Gasteiger partial charge in [-0.3, -0.25) is 9.59 Å². The molecule has 0 spiro atoms. The van der Waals surface area contributed by atoms with Crippen molar-refractivity contribution in [2.24, 2.45) is 4.99 Å². The van der Waals surface area contributed by atoms with E-state index < -0.39 is 17.0 Å².